The minimum absolute atomic E-state index is 0.00132. The van der Waals surface area contributed by atoms with Crippen LogP contribution < -0.4 is 9.47 Å². The van der Waals surface area contributed by atoms with E-state index in [-0.39, 0.29) is 33.9 Å². The molecule has 2 aliphatic rings. The van der Waals surface area contributed by atoms with Crippen LogP contribution in [0.2, 0.25) is 0 Å². The molecule has 204 valence electrons. The van der Waals surface area contributed by atoms with Crippen molar-refractivity contribution in [2.75, 3.05) is 20.0 Å². The van der Waals surface area contributed by atoms with Crippen molar-refractivity contribution >= 4 is 37.6 Å². The van der Waals surface area contributed by atoms with E-state index < -0.39 is 31.7 Å². The molecule has 5 rings (SSSR count). The number of benzene rings is 1. The fourth-order valence-electron chi connectivity index (χ4n) is 6.44. The van der Waals surface area contributed by atoms with E-state index in [1.807, 2.05) is 27.7 Å². The lowest BCUT2D eigenvalue weighted by molar-refractivity contribution is -0.128. The molecule has 0 N–H and O–H groups in total. The van der Waals surface area contributed by atoms with Crippen LogP contribution in [0, 0.1) is 30.6 Å². The Labute approximate surface area is 225 Å². The highest BCUT2D eigenvalue weighted by molar-refractivity contribution is 7.91. The van der Waals surface area contributed by atoms with Gasteiger partial charge in [0.2, 0.25) is 15.2 Å². The summed E-state index contributed by atoms with van der Waals surface area (Å²) in [6.07, 6.45) is 3.40. The van der Waals surface area contributed by atoms with Crippen LogP contribution in [0.1, 0.15) is 49.9 Å². The number of pyridine rings is 1. The second-order valence-corrected chi connectivity index (χ2v) is 14.1. The maximum atomic E-state index is 14.2. The van der Waals surface area contributed by atoms with Gasteiger partial charge < -0.3 is 9.47 Å². The van der Waals surface area contributed by atoms with E-state index in [9.17, 15) is 17.4 Å². The highest BCUT2D eigenvalue weighted by atomic mass is 32.2. The Morgan fingerprint density at radius 1 is 1.18 bits per heavy atom. The number of carbonyl (C=O) groups is 1. The Morgan fingerprint density at radius 2 is 1.92 bits per heavy atom. The van der Waals surface area contributed by atoms with Crippen molar-refractivity contribution in [2.45, 2.75) is 57.9 Å². The van der Waals surface area contributed by atoms with Gasteiger partial charge in [0.25, 0.3) is 0 Å². The number of imidazole rings is 1. The highest BCUT2D eigenvalue weighted by Gasteiger charge is 2.65. The molecule has 2 aliphatic carbocycles. The molecule has 1 unspecified atom stereocenters. The Morgan fingerprint density at radius 3 is 2.53 bits per heavy atom. The zero-order valence-corrected chi connectivity index (χ0v) is 24.2. The topological polar surface area (TPSA) is 117 Å². The summed E-state index contributed by atoms with van der Waals surface area (Å²) in [5.74, 6) is 0.863. The summed E-state index contributed by atoms with van der Waals surface area (Å²) in [5.41, 5.74) is 1.35. The van der Waals surface area contributed by atoms with Crippen LogP contribution >= 0.6 is 0 Å². The van der Waals surface area contributed by atoms with Gasteiger partial charge in [-0.05, 0) is 50.2 Å². The number of methoxy groups -OCH3 is 2. The maximum Gasteiger partial charge on any atom is 0.242 e. The predicted octanol–water partition coefficient (Wildman–Crippen LogP) is 3.95. The van der Waals surface area contributed by atoms with Crippen LogP contribution in [-0.2, 0) is 31.4 Å². The molecule has 1 aromatic carbocycles. The number of ketones is 1. The number of hydrogen-bond acceptors (Lipinski definition) is 8. The lowest BCUT2D eigenvalue weighted by Crippen LogP contribution is -2.43. The lowest BCUT2D eigenvalue weighted by atomic mass is 9.70. The maximum absolute atomic E-state index is 14.2. The summed E-state index contributed by atoms with van der Waals surface area (Å²) in [4.78, 5) is 22.1. The number of aromatic nitrogens is 3. The second-order valence-electron chi connectivity index (χ2n) is 11.0. The van der Waals surface area contributed by atoms with Gasteiger partial charge >= 0.3 is 0 Å². The summed E-state index contributed by atoms with van der Waals surface area (Å²) >= 11 is 0. The van der Waals surface area contributed by atoms with E-state index in [1.165, 1.54) is 7.11 Å². The van der Waals surface area contributed by atoms with Gasteiger partial charge in [-0.1, -0.05) is 13.8 Å². The van der Waals surface area contributed by atoms with E-state index in [0.717, 1.165) is 21.5 Å². The quantitative estimate of drug-likeness (QED) is 0.407. The molecule has 3 atom stereocenters. The third-order valence-electron chi connectivity index (χ3n) is 8.86. The first-order valence-corrected chi connectivity index (χ1v) is 15.5. The number of rotatable bonds is 8. The minimum Gasteiger partial charge on any atom is -0.497 e. The Kier molecular flexibility index (Phi) is 6.45. The van der Waals surface area contributed by atoms with E-state index >= 15 is 0 Å². The largest absolute Gasteiger partial charge is 0.497 e. The summed E-state index contributed by atoms with van der Waals surface area (Å²) in [5, 5.41) is -0.0943. The third kappa shape index (κ3) is 3.88. The number of ether oxygens (including phenoxy) is 2. The first kappa shape index (κ1) is 26.8. The zero-order chi connectivity index (χ0) is 27.6. The molecule has 0 saturated heterocycles. The monoisotopic (exact) mass is 559 g/mol. The molecule has 0 radical (unpaired) electrons. The number of hydrogen-bond donors (Lipinski definition) is 0. The Hall–Kier alpha value is -2.79. The molecule has 0 amide bonds. The van der Waals surface area contributed by atoms with E-state index in [2.05, 4.69) is 9.97 Å². The van der Waals surface area contributed by atoms with Crippen molar-refractivity contribution in [1.29, 1.82) is 0 Å². The molecule has 3 aromatic rings. The number of aryl methyl sites for hydroxylation is 1. The minimum atomic E-state index is -4.16. The Balaban J connectivity index is 1.63. The second kappa shape index (κ2) is 9.15. The zero-order valence-electron chi connectivity index (χ0n) is 22.5. The van der Waals surface area contributed by atoms with Gasteiger partial charge in [0, 0.05) is 29.8 Å². The predicted molar refractivity (Wildman–Crippen MR) is 144 cm³/mol. The van der Waals surface area contributed by atoms with Gasteiger partial charge in [-0.3, -0.25) is 14.0 Å². The van der Waals surface area contributed by atoms with Gasteiger partial charge in [-0.15, -0.1) is 0 Å². The lowest BCUT2D eigenvalue weighted by Gasteiger charge is -2.36. The third-order valence-corrected chi connectivity index (χ3v) is 12.0. The average molecular weight is 560 g/mol. The van der Waals surface area contributed by atoms with Crippen molar-refractivity contribution in [2.24, 2.45) is 16.7 Å². The van der Waals surface area contributed by atoms with E-state index in [0.29, 0.717) is 35.6 Å². The molecule has 2 bridgehead atoms. The van der Waals surface area contributed by atoms with Gasteiger partial charge in [0.05, 0.1) is 58.7 Å². The smallest absolute Gasteiger partial charge is 0.242 e. The van der Waals surface area contributed by atoms with Crippen molar-refractivity contribution < 1.29 is 26.9 Å². The SMILES string of the molecule is COc1ccc2nc(S(=O)Cc3ncc(C)c(OC)c3C)n(S(=O)(=O)C[C@@]34CC[C@@H](CC3=O)C4(C)C)c2c1. The summed E-state index contributed by atoms with van der Waals surface area (Å²) < 4.78 is 54.2. The molecule has 0 aliphatic heterocycles. The molecular weight excluding hydrogens is 526 g/mol. The van der Waals surface area contributed by atoms with Crippen LogP contribution in [0.3, 0.4) is 0 Å². The van der Waals surface area contributed by atoms with Crippen LogP contribution in [0.15, 0.2) is 29.6 Å². The van der Waals surface area contributed by atoms with Gasteiger partial charge in [-0.2, -0.15) is 0 Å². The molecular formula is C27H33N3O6S2. The molecule has 38 heavy (non-hydrogen) atoms. The number of fused-ring (bicyclic) bond motifs is 3. The molecule has 2 aromatic heterocycles. The fourth-order valence-corrected chi connectivity index (χ4v) is 10.3. The molecule has 9 nitrogen and oxygen atoms in total. The molecule has 2 saturated carbocycles. The van der Waals surface area contributed by atoms with Crippen LogP contribution in [0.5, 0.6) is 11.5 Å². The number of nitrogens with zero attached hydrogens (tertiary/aromatic N) is 3. The summed E-state index contributed by atoms with van der Waals surface area (Å²) in [7, 11) is -2.97. The normalized spacial score (nSPS) is 23.2. The van der Waals surface area contributed by atoms with Gasteiger partial charge in [-0.25, -0.2) is 17.4 Å². The van der Waals surface area contributed by atoms with Gasteiger partial charge in [0.1, 0.15) is 17.3 Å². The van der Waals surface area contributed by atoms with Gasteiger partial charge in [0.15, 0.2) is 0 Å². The first-order valence-electron chi connectivity index (χ1n) is 12.6. The van der Waals surface area contributed by atoms with Crippen LogP contribution in [0.25, 0.3) is 11.0 Å². The molecule has 2 fully saturated rings. The first-order chi connectivity index (χ1) is 17.9. The number of Topliss-reactive ketones (excluding diaryl/α,β-unsaturated/α-hetero) is 1. The van der Waals surface area contributed by atoms with E-state index in [4.69, 9.17) is 9.47 Å². The van der Waals surface area contributed by atoms with Crippen LogP contribution in [-0.4, -0.2) is 52.3 Å². The van der Waals surface area contributed by atoms with Crippen molar-refractivity contribution in [1.82, 2.24) is 13.9 Å². The molecule has 2 heterocycles. The fraction of sp³-hybridized carbons (Fsp3) is 0.519. The molecule has 0 spiro atoms. The molecule has 11 heteroatoms. The Bertz CT molecular complexity index is 1590. The number of carbonyl (C=O) groups excluding carboxylic acids is 1. The highest BCUT2D eigenvalue weighted by Crippen LogP contribution is 2.64. The summed E-state index contributed by atoms with van der Waals surface area (Å²) in [6.45, 7) is 7.70. The van der Waals surface area contributed by atoms with Crippen molar-refractivity contribution in [3.8, 4) is 11.5 Å². The van der Waals surface area contributed by atoms with Crippen molar-refractivity contribution in [3.05, 3.63) is 41.2 Å². The standard InChI is InChI=1S/C27H33N3O6S2/c1-16-13-28-21(17(2)24(16)36-6)14-37(32)25-29-20-8-7-19(35-5)12-22(20)30(25)38(33,34)15-27-10-9-18(11-23(27)31)26(27,3)4/h7-8,12-13,18H,9-11,14-15H2,1-6H3/t18-,27-,37?/m0/s1. The average Bonchev–Trinajstić information content (AvgIpc) is 3.42. The van der Waals surface area contributed by atoms with Crippen LogP contribution in [0.4, 0.5) is 0 Å². The summed E-state index contributed by atoms with van der Waals surface area (Å²) in [6, 6.07) is 4.91. The van der Waals surface area contributed by atoms with Crippen molar-refractivity contribution in [3.63, 3.8) is 0 Å². The van der Waals surface area contributed by atoms with E-state index in [1.54, 1.807) is 31.5 Å².